The fraction of sp³-hybridized carbons (Fsp3) is 0.500. The summed E-state index contributed by atoms with van der Waals surface area (Å²) in [5.41, 5.74) is 1.32. The van der Waals surface area contributed by atoms with Gasteiger partial charge < -0.3 is 10.2 Å². The lowest BCUT2D eigenvalue weighted by molar-refractivity contribution is 0.617. The Morgan fingerprint density at radius 1 is 1.44 bits per heavy atom. The van der Waals surface area contributed by atoms with Crippen LogP contribution in [0.2, 0.25) is 5.02 Å². The second-order valence-electron chi connectivity index (χ2n) is 3.83. The molecule has 0 saturated heterocycles. The average molecular weight is 245 g/mol. The van der Waals surface area contributed by atoms with Crippen molar-refractivity contribution in [3.05, 3.63) is 28.5 Å². The highest BCUT2D eigenvalue weighted by molar-refractivity contribution is 6.33. The van der Waals surface area contributed by atoms with Crippen LogP contribution in [0.5, 0.6) is 0 Å². The second-order valence-corrected chi connectivity index (χ2v) is 4.24. The van der Waals surface area contributed by atoms with Gasteiger partial charge in [0.1, 0.15) is 5.82 Å². The van der Waals surface area contributed by atoms with Crippen molar-refractivity contribution in [1.82, 2.24) is 5.32 Å². The van der Waals surface area contributed by atoms with Gasteiger partial charge in [-0.25, -0.2) is 4.39 Å². The lowest BCUT2D eigenvalue weighted by atomic mass is 10.2. The molecule has 1 aromatic carbocycles. The number of rotatable bonds is 5. The lowest BCUT2D eigenvalue weighted by Crippen LogP contribution is -2.29. The SMILES string of the molecule is CCNCCN(C)c1cc(F)c(C)cc1Cl. The number of aryl methyl sites for hydroxylation is 1. The van der Waals surface area contributed by atoms with Crippen LogP contribution in [0.1, 0.15) is 12.5 Å². The zero-order valence-electron chi connectivity index (χ0n) is 9.98. The minimum atomic E-state index is -0.213. The molecule has 0 radical (unpaired) electrons. The normalized spacial score (nSPS) is 10.6. The first-order valence-electron chi connectivity index (χ1n) is 5.43. The van der Waals surface area contributed by atoms with Crippen LogP contribution in [-0.4, -0.2) is 26.7 Å². The molecule has 0 saturated carbocycles. The summed E-state index contributed by atoms with van der Waals surface area (Å²) in [6.45, 7) is 6.36. The highest BCUT2D eigenvalue weighted by atomic mass is 35.5. The number of hydrogen-bond donors (Lipinski definition) is 1. The summed E-state index contributed by atoms with van der Waals surface area (Å²) >= 11 is 6.08. The molecule has 1 aromatic rings. The van der Waals surface area contributed by atoms with Crippen LogP contribution >= 0.6 is 11.6 Å². The molecule has 0 amide bonds. The summed E-state index contributed by atoms with van der Waals surface area (Å²) in [6.07, 6.45) is 0. The molecule has 0 unspecified atom stereocenters. The topological polar surface area (TPSA) is 15.3 Å². The quantitative estimate of drug-likeness (QED) is 0.802. The van der Waals surface area contributed by atoms with E-state index >= 15 is 0 Å². The van der Waals surface area contributed by atoms with E-state index in [1.165, 1.54) is 6.07 Å². The molecule has 0 atom stereocenters. The van der Waals surface area contributed by atoms with Crippen molar-refractivity contribution in [2.75, 3.05) is 31.6 Å². The van der Waals surface area contributed by atoms with E-state index in [9.17, 15) is 4.39 Å². The summed E-state index contributed by atoms with van der Waals surface area (Å²) < 4.78 is 13.4. The minimum absolute atomic E-state index is 0.213. The first kappa shape index (κ1) is 13.3. The molecule has 0 spiro atoms. The Balaban J connectivity index is 2.75. The van der Waals surface area contributed by atoms with Crippen LogP contribution < -0.4 is 10.2 Å². The molecule has 0 heterocycles. The minimum Gasteiger partial charge on any atom is -0.372 e. The van der Waals surface area contributed by atoms with Gasteiger partial charge in [-0.2, -0.15) is 0 Å². The standard InChI is InChI=1S/C12H18ClFN2/c1-4-15-5-6-16(3)12-8-11(14)9(2)7-10(12)13/h7-8,15H,4-6H2,1-3H3. The van der Waals surface area contributed by atoms with E-state index < -0.39 is 0 Å². The maximum absolute atomic E-state index is 13.4. The lowest BCUT2D eigenvalue weighted by Gasteiger charge is -2.21. The van der Waals surface area contributed by atoms with E-state index in [2.05, 4.69) is 12.2 Å². The zero-order valence-corrected chi connectivity index (χ0v) is 10.7. The fourth-order valence-corrected chi connectivity index (χ4v) is 1.83. The predicted molar refractivity (Wildman–Crippen MR) is 68.0 cm³/mol. The third-order valence-electron chi connectivity index (χ3n) is 2.51. The molecule has 2 nitrogen and oxygen atoms in total. The molecular formula is C12H18ClFN2. The van der Waals surface area contributed by atoms with E-state index in [1.807, 2.05) is 11.9 Å². The summed E-state index contributed by atoms with van der Waals surface area (Å²) in [6, 6.07) is 3.15. The fourth-order valence-electron chi connectivity index (χ4n) is 1.47. The first-order valence-corrected chi connectivity index (χ1v) is 5.81. The van der Waals surface area contributed by atoms with Crippen LogP contribution in [0.15, 0.2) is 12.1 Å². The Bertz CT molecular complexity index is 355. The van der Waals surface area contributed by atoms with Crippen molar-refractivity contribution in [3.63, 3.8) is 0 Å². The third kappa shape index (κ3) is 3.35. The molecule has 4 heteroatoms. The largest absolute Gasteiger partial charge is 0.372 e. The number of halogens is 2. The monoisotopic (exact) mass is 244 g/mol. The zero-order chi connectivity index (χ0) is 12.1. The van der Waals surface area contributed by atoms with Gasteiger partial charge in [-0.3, -0.25) is 0 Å². The number of nitrogens with zero attached hydrogens (tertiary/aromatic N) is 1. The third-order valence-corrected chi connectivity index (χ3v) is 2.82. The molecule has 0 bridgehead atoms. The van der Waals surface area contributed by atoms with Crippen LogP contribution in [0, 0.1) is 12.7 Å². The van der Waals surface area contributed by atoms with E-state index in [0.29, 0.717) is 10.6 Å². The van der Waals surface area contributed by atoms with Gasteiger partial charge in [0.15, 0.2) is 0 Å². The molecule has 0 aliphatic rings. The maximum atomic E-state index is 13.4. The van der Waals surface area contributed by atoms with Gasteiger partial charge in [0.2, 0.25) is 0 Å². The van der Waals surface area contributed by atoms with E-state index in [-0.39, 0.29) is 5.82 Å². The van der Waals surface area contributed by atoms with Crippen LogP contribution in [0.4, 0.5) is 10.1 Å². The van der Waals surface area contributed by atoms with Gasteiger partial charge in [-0.15, -0.1) is 0 Å². The van der Waals surface area contributed by atoms with Crippen molar-refractivity contribution in [2.45, 2.75) is 13.8 Å². The van der Waals surface area contributed by atoms with Gasteiger partial charge in [0.05, 0.1) is 10.7 Å². The van der Waals surface area contributed by atoms with E-state index in [0.717, 1.165) is 25.3 Å². The molecule has 0 aromatic heterocycles. The van der Waals surface area contributed by atoms with E-state index in [4.69, 9.17) is 11.6 Å². The van der Waals surface area contributed by atoms with Gasteiger partial charge in [0, 0.05) is 20.1 Å². The molecule has 0 fully saturated rings. The Morgan fingerprint density at radius 2 is 2.12 bits per heavy atom. The van der Waals surface area contributed by atoms with Gasteiger partial charge in [0.25, 0.3) is 0 Å². The smallest absolute Gasteiger partial charge is 0.128 e. The van der Waals surface area contributed by atoms with Crippen molar-refractivity contribution in [2.24, 2.45) is 0 Å². The van der Waals surface area contributed by atoms with Crippen LogP contribution in [0.25, 0.3) is 0 Å². The van der Waals surface area contributed by atoms with Crippen molar-refractivity contribution >= 4 is 17.3 Å². The molecule has 16 heavy (non-hydrogen) atoms. The van der Waals surface area contributed by atoms with Crippen LogP contribution in [-0.2, 0) is 0 Å². The molecule has 1 N–H and O–H groups in total. The highest BCUT2D eigenvalue weighted by Gasteiger charge is 2.09. The molecule has 1 rings (SSSR count). The first-order chi connectivity index (χ1) is 7.56. The summed E-state index contributed by atoms with van der Waals surface area (Å²) in [5, 5.41) is 3.81. The molecular weight excluding hydrogens is 227 g/mol. The average Bonchev–Trinajstić information content (AvgIpc) is 2.23. The van der Waals surface area contributed by atoms with Gasteiger partial charge in [-0.1, -0.05) is 18.5 Å². The van der Waals surface area contributed by atoms with Crippen LogP contribution in [0.3, 0.4) is 0 Å². The van der Waals surface area contributed by atoms with Gasteiger partial charge >= 0.3 is 0 Å². The number of anilines is 1. The number of benzene rings is 1. The molecule has 0 aliphatic carbocycles. The summed E-state index contributed by atoms with van der Waals surface area (Å²) in [5.74, 6) is -0.213. The number of likely N-dealkylation sites (N-methyl/N-ethyl adjacent to an activating group) is 2. The van der Waals surface area contributed by atoms with Gasteiger partial charge in [-0.05, 0) is 31.2 Å². The van der Waals surface area contributed by atoms with E-state index in [1.54, 1.807) is 13.0 Å². The predicted octanol–water partition coefficient (Wildman–Crippen LogP) is 2.83. The van der Waals surface area contributed by atoms with Crippen molar-refractivity contribution < 1.29 is 4.39 Å². The Hall–Kier alpha value is -0.800. The molecule has 90 valence electrons. The number of hydrogen-bond acceptors (Lipinski definition) is 2. The summed E-state index contributed by atoms with van der Waals surface area (Å²) in [7, 11) is 1.91. The second kappa shape index (κ2) is 6.06. The summed E-state index contributed by atoms with van der Waals surface area (Å²) in [4.78, 5) is 1.95. The highest BCUT2D eigenvalue weighted by Crippen LogP contribution is 2.27. The Labute approximate surface area is 101 Å². The molecule has 0 aliphatic heterocycles. The van der Waals surface area contributed by atoms with Crippen molar-refractivity contribution in [3.8, 4) is 0 Å². The maximum Gasteiger partial charge on any atom is 0.128 e. The van der Waals surface area contributed by atoms with Crippen molar-refractivity contribution in [1.29, 1.82) is 0 Å². The Kier molecular flexibility index (Phi) is 5.03. The Morgan fingerprint density at radius 3 is 2.75 bits per heavy atom. The number of nitrogens with one attached hydrogen (secondary N) is 1.